The van der Waals surface area contributed by atoms with Gasteiger partial charge in [0.2, 0.25) is 5.91 Å². The molecule has 0 aliphatic heterocycles. The second kappa shape index (κ2) is 6.01. The van der Waals surface area contributed by atoms with Crippen molar-refractivity contribution >= 4 is 28.2 Å². The summed E-state index contributed by atoms with van der Waals surface area (Å²) in [6.07, 6.45) is 3.83. The molecule has 2 rings (SSSR count). The van der Waals surface area contributed by atoms with Crippen LogP contribution in [0.1, 0.15) is 13.3 Å². The summed E-state index contributed by atoms with van der Waals surface area (Å²) in [5.41, 5.74) is 6.18. The standard InChI is InChI=1S/C14H16N4O2/c1-2-10(13(15)18-20)14(19)17-12-5-3-4-9-6-7-16-8-11(9)12/h3-8,10,20H,2H2,1H3,(H2,15,18)(H,17,19). The number of rotatable bonds is 4. The van der Waals surface area contributed by atoms with Crippen LogP contribution in [0.2, 0.25) is 0 Å². The maximum atomic E-state index is 12.2. The number of amidine groups is 1. The van der Waals surface area contributed by atoms with Crippen molar-refractivity contribution in [1.29, 1.82) is 0 Å². The van der Waals surface area contributed by atoms with Crippen LogP contribution in [0, 0.1) is 5.92 Å². The van der Waals surface area contributed by atoms with Gasteiger partial charge in [-0.1, -0.05) is 24.2 Å². The van der Waals surface area contributed by atoms with Crippen molar-refractivity contribution in [3.05, 3.63) is 36.7 Å². The third-order valence-corrected chi connectivity index (χ3v) is 3.14. The Hall–Kier alpha value is -2.63. The first-order chi connectivity index (χ1) is 9.67. The first-order valence-corrected chi connectivity index (χ1v) is 6.28. The predicted octanol–water partition coefficient (Wildman–Crippen LogP) is 1.95. The van der Waals surface area contributed by atoms with E-state index in [-0.39, 0.29) is 11.7 Å². The summed E-state index contributed by atoms with van der Waals surface area (Å²) in [4.78, 5) is 16.2. The van der Waals surface area contributed by atoms with Crippen molar-refractivity contribution in [3.8, 4) is 0 Å². The number of anilines is 1. The molecule has 1 aromatic carbocycles. The van der Waals surface area contributed by atoms with E-state index < -0.39 is 5.92 Å². The number of amides is 1. The van der Waals surface area contributed by atoms with Gasteiger partial charge < -0.3 is 16.3 Å². The molecular weight excluding hydrogens is 256 g/mol. The van der Waals surface area contributed by atoms with E-state index >= 15 is 0 Å². The summed E-state index contributed by atoms with van der Waals surface area (Å²) in [6.45, 7) is 1.80. The lowest BCUT2D eigenvalue weighted by molar-refractivity contribution is -0.118. The molecule has 0 aliphatic carbocycles. The van der Waals surface area contributed by atoms with Crippen molar-refractivity contribution in [1.82, 2.24) is 4.98 Å². The maximum absolute atomic E-state index is 12.2. The Morgan fingerprint density at radius 3 is 3.00 bits per heavy atom. The lowest BCUT2D eigenvalue weighted by Crippen LogP contribution is -2.34. The monoisotopic (exact) mass is 272 g/mol. The summed E-state index contributed by atoms with van der Waals surface area (Å²) in [7, 11) is 0. The van der Waals surface area contributed by atoms with Gasteiger partial charge in [-0.05, 0) is 23.9 Å². The van der Waals surface area contributed by atoms with Crippen LogP contribution in [0.5, 0.6) is 0 Å². The smallest absolute Gasteiger partial charge is 0.235 e. The Labute approximate surface area is 116 Å². The second-order valence-electron chi connectivity index (χ2n) is 4.38. The number of nitrogens with zero attached hydrogens (tertiary/aromatic N) is 2. The molecular formula is C14H16N4O2. The number of pyridine rings is 1. The van der Waals surface area contributed by atoms with Crippen molar-refractivity contribution < 1.29 is 10.0 Å². The zero-order chi connectivity index (χ0) is 14.5. The number of hydrogen-bond acceptors (Lipinski definition) is 4. The lowest BCUT2D eigenvalue weighted by atomic mass is 10.0. The summed E-state index contributed by atoms with van der Waals surface area (Å²) in [5, 5.41) is 16.2. The average molecular weight is 272 g/mol. The Kier molecular flexibility index (Phi) is 4.14. The van der Waals surface area contributed by atoms with Crippen molar-refractivity contribution in [2.75, 3.05) is 5.32 Å². The zero-order valence-electron chi connectivity index (χ0n) is 11.1. The van der Waals surface area contributed by atoms with E-state index in [1.165, 1.54) is 0 Å². The predicted molar refractivity (Wildman–Crippen MR) is 77.6 cm³/mol. The molecule has 2 aromatic rings. The van der Waals surface area contributed by atoms with Gasteiger partial charge >= 0.3 is 0 Å². The maximum Gasteiger partial charge on any atom is 0.235 e. The summed E-state index contributed by atoms with van der Waals surface area (Å²) in [5.74, 6) is -1.06. The first-order valence-electron chi connectivity index (χ1n) is 6.28. The van der Waals surface area contributed by atoms with E-state index in [1.807, 2.05) is 18.2 Å². The van der Waals surface area contributed by atoms with Crippen molar-refractivity contribution in [2.24, 2.45) is 16.8 Å². The lowest BCUT2D eigenvalue weighted by Gasteiger charge is -2.14. The molecule has 6 heteroatoms. The molecule has 0 bridgehead atoms. The van der Waals surface area contributed by atoms with Crippen LogP contribution >= 0.6 is 0 Å². The van der Waals surface area contributed by atoms with Gasteiger partial charge in [-0.3, -0.25) is 9.78 Å². The Morgan fingerprint density at radius 1 is 1.50 bits per heavy atom. The van der Waals surface area contributed by atoms with Crippen molar-refractivity contribution in [3.63, 3.8) is 0 Å². The second-order valence-corrected chi connectivity index (χ2v) is 4.38. The number of oxime groups is 1. The van der Waals surface area contributed by atoms with Crippen LogP contribution in [0.25, 0.3) is 10.8 Å². The fourth-order valence-electron chi connectivity index (χ4n) is 2.04. The van der Waals surface area contributed by atoms with Gasteiger partial charge in [0.05, 0.1) is 11.6 Å². The van der Waals surface area contributed by atoms with E-state index in [0.29, 0.717) is 12.1 Å². The molecule has 0 aliphatic rings. The van der Waals surface area contributed by atoms with Gasteiger partial charge in [0.15, 0.2) is 5.84 Å². The minimum atomic E-state index is -0.660. The van der Waals surface area contributed by atoms with Gasteiger partial charge in [0.25, 0.3) is 0 Å². The molecule has 0 spiro atoms. The molecule has 1 unspecified atom stereocenters. The molecule has 20 heavy (non-hydrogen) atoms. The van der Waals surface area contributed by atoms with Crippen LogP contribution < -0.4 is 11.1 Å². The number of carbonyl (C=O) groups excluding carboxylic acids is 1. The topological polar surface area (TPSA) is 101 Å². The fourth-order valence-corrected chi connectivity index (χ4v) is 2.04. The molecule has 0 saturated carbocycles. The average Bonchev–Trinajstić information content (AvgIpc) is 2.48. The van der Waals surface area contributed by atoms with Crippen LogP contribution in [-0.2, 0) is 4.79 Å². The van der Waals surface area contributed by atoms with E-state index in [2.05, 4.69) is 15.5 Å². The third-order valence-electron chi connectivity index (χ3n) is 3.14. The minimum Gasteiger partial charge on any atom is -0.409 e. The highest BCUT2D eigenvalue weighted by atomic mass is 16.4. The van der Waals surface area contributed by atoms with Crippen LogP contribution in [0.3, 0.4) is 0 Å². The number of fused-ring (bicyclic) bond motifs is 1. The SMILES string of the molecule is CCC(C(=O)Nc1cccc2ccncc12)/C(N)=N/O. The minimum absolute atomic E-state index is 0.0941. The molecule has 0 fully saturated rings. The summed E-state index contributed by atoms with van der Waals surface area (Å²) < 4.78 is 0. The first kappa shape index (κ1) is 13.8. The highest BCUT2D eigenvalue weighted by Crippen LogP contribution is 2.22. The van der Waals surface area contributed by atoms with E-state index in [1.54, 1.807) is 25.4 Å². The molecule has 6 nitrogen and oxygen atoms in total. The van der Waals surface area contributed by atoms with Gasteiger partial charge in [-0.15, -0.1) is 0 Å². The normalized spacial score (nSPS) is 13.2. The summed E-state index contributed by atoms with van der Waals surface area (Å²) >= 11 is 0. The largest absolute Gasteiger partial charge is 0.409 e. The molecule has 0 saturated heterocycles. The fraction of sp³-hybridized carbons (Fsp3) is 0.214. The Bertz CT molecular complexity index is 649. The van der Waals surface area contributed by atoms with Gasteiger partial charge in [0.1, 0.15) is 0 Å². The molecule has 104 valence electrons. The number of benzene rings is 1. The van der Waals surface area contributed by atoms with E-state index in [4.69, 9.17) is 10.9 Å². The van der Waals surface area contributed by atoms with Crippen LogP contribution in [-0.4, -0.2) is 21.9 Å². The Morgan fingerprint density at radius 2 is 2.30 bits per heavy atom. The van der Waals surface area contributed by atoms with E-state index in [9.17, 15) is 4.79 Å². The third kappa shape index (κ3) is 2.69. The molecule has 1 amide bonds. The number of aromatic nitrogens is 1. The molecule has 1 atom stereocenters. The van der Waals surface area contributed by atoms with Crippen molar-refractivity contribution in [2.45, 2.75) is 13.3 Å². The summed E-state index contributed by atoms with van der Waals surface area (Å²) in [6, 6.07) is 7.45. The van der Waals surface area contributed by atoms with Gasteiger partial charge in [-0.2, -0.15) is 0 Å². The quantitative estimate of drug-likeness (QED) is 0.342. The molecule has 0 radical (unpaired) electrons. The number of nitrogens with two attached hydrogens (primary N) is 1. The number of nitrogens with one attached hydrogen (secondary N) is 1. The van der Waals surface area contributed by atoms with Crippen LogP contribution in [0.15, 0.2) is 41.8 Å². The van der Waals surface area contributed by atoms with E-state index in [0.717, 1.165) is 10.8 Å². The van der Waals surface area contributed by atoms with Gasteiger partial charge in [-0.25, -0.2) is 0 Å². The highest BCUT2D eigenvalue weighted by Gasteiger charge is 2.21. The highest BCUT2D eigenvalue weighted by molar-refractivity contribution is 6.10. The molecule has 1 aromatic heterocycles. The van der Waals surface area contributed by atoms with Crippen LogP contribution in [0.4, 0.5) is 5.69 Å². The number of hydrogen-bond donors (Lipinski definition) is 3. The Balaban J connectivity index is 2.30. The number of carbonyl (C=O) groups is 1. The molecule has 1 heterocycles. The van der Waals surface area contributed by atoms with Gasteiger partial charge in [0, 0.05) is 17.8 Å². The molecule has 4 N–H and O–H groups in total. The zero-order valence-corrected chi connectivity index (χ0v) is 11.1.